The molecule has 0 aliphatic heterocycles. The summed E-state index contributed by atoms with van der Waals surface area (Å²) < 4.78 is 0. The van der Waals surface area contributed by atoms with E-state index in [0.29, 0.717) is 4.88 Å². The third-order valence-electron chi connectivity index (χ3n) is 2.95. The van der Waals surface area contributed by atoms with Crippen LogP contribution in [0.5, 0.6) is 0 Å². The standard InChI is InChI=1S/C11H15NO2S/c13-11(14)9-7-12-10(15-9)6-8-4-2-1-3-5-8/h7-8H,1-6H2,(H,13,14). The minimum Gasteiger partial charge on any atom is -0.477 e. The Morgan fingerprint density at radius 3 is 2.80 bits per heavy atom. The summed E-state index contributed by atoms with van der Waals surface area (Å²) in [7, 11) is 0. The Balaban J connectivity index is 1.94. The minimum atomic E-state index is -0.859. The number of aromatic nitrogens is 1. The number of carboxylic acid groups (broad SMARTS) is 1. The monoisotopic (exact) mass is 225 g/mol. The molecule has 1 aromatic heterocycles. The maximum Gasteiger partial charge on any atom is 0.347 e. The summed E-state index contributed by atoms with van der Waals surface area (Å²) in [5.41, 5.74) is 0. The van der Waals surface area contributed by atoms with Gasteiger partial charge >= 0.3 is 5.97 Å². The molecule has 1 heterocycles. The molecule has 0 unspecified atom stereocenters. The second-order valence-electron chi connectivity index (χ2n) is 4.13. The summed E-state index contributed by atoms with van der Waals surface area (Å²) in [5, 5.41) is 9.76. The van der Waals surface area contributed by atoms with Gasteiger partial charge in [0, 0.05) is 6.42 Å². The van der Waals surface area contributed by atoms with Crippen LogP contribution in [-0.4, -0.2) is 16.1 Å². The van der Waals surface area contributed by atoms with Crippen LogP contribution >= 0.6 is 11.3 Å². The van der Waals surface area contributed by atoms with Gasteiger partial charge in [-0.05, 0) is 5.92 Å². The summed E-state index contributed by atoms with van der Waals surface area (Å²) in [6, 6.07) is 0. The van der Waals surface area contributed by atoms with Crippen LogP contribution in [0.4, 0.5) is 0 Å². The van der Waals surface area contributed by atoms with Crippen molar-refractivity contribution in [2.24, 2.45) is 5.92 Å². The van der Waals surface area contributed by atoms with Crippen molar-refractivity contribution in [3.05, 3.63) is 16.1 Å². The predicted octanol–water partition coefficient (Wildman–Crippen LogP) is 2.96. The topological polar surface area (TPSA) is 50.2 Å². The van der Waals surface area contributed by atoms with E-state index in [2.05, 4.69) is 4.98 Å². The number of hydrogen-bond acceptors (Lipinski definition) is 3. The van der Waals surface area contributed by atoms with Gasteiger partial charge in [-0.1, -0.05) is 32.1 Å². The highest BCUT2D eigenvalue weighted by molar-refractivity contribution is 7.13. The molecule has 0 aromatic carbocycles. The van der Waals surface area contributed by atoms with Gasteiger partial charge in [0.15, 0.2) is 0 Å². The van der Waals surface area contributed by atoms with Gasteiger partial charge in [-0.15, -0.1) is 11.3 Å². The number of carboxylic acids is 1. The van der Waals surface area contributed by atoms with Crippen molar-refractivity contribution in [2.75, 3.05) is 0 Å². The van der Waals surface area contributed by atoms with Crippen molar-refractivity contribution in [1.29, 1.82) is 0 Å². The lowest BCUT2D eigenvalue weighted by atomic mass is 9.87. The van der Waals surface area contributed by atoms with Crippen molar-refractivity contribution in [1.82, 2.24) is 4.98 Å². The molecule has 0 saturated heterocycles. The van der Waals surface area contributed by atoms with Crippen molar-refractivity contribution in [2.45, 2.75) is 38.5 Å². The van der Waals surface area contributed by atoms with Gasteiger partial charge in [0.05, 0.1) is 11.2 Å². The highest BCUT2D eigenvalue weighted by atomic mass is 32.1. The molecule has 0 radical (unpaired) electrons. The lowest BCUT2D eigenvalue weighted by molar-refractivity contribution is 0.0702. The Labute approximate surface area is 93.2 Å². The van der Waals surface area contributed by atoms with Gasteiger partial charge in [-0.2, -0.15) is 0 Å². The maximum atomic E-state index is 10.7. The Hall–Kier alpha value is -0.900. The molecule has 3 nitrogen and oxygen atoms in total. The van der Waals surface area contributed by atoms with Crippen molar-refractivity contribution < 1.29 is 9.90 Å². The maximum absolute atomic E-state index is 10.7. The molecule has 0 bridgehead atoms. The third kappa shape index (κ3) is 2.78. The number of carbonyl (C=O) groups is 1. The molecule has 82 valence electrons. The van der Waals surface area contributed by atoms with Crippen molar-refractivity contribution in [3.8, 4) is 0 Å². The zero-order chi connectivity index (χ0) is 10.7. The second kappa shape index (κ2) is 4.75. The van der Waals surface area contributed by atoms with E-state index in [4.69, 9.17) is 5.11 Å². The largest absolute Gasteiger partial charge is 0.477 e. The summed E-state index contributed by atoms with van der Waals surface area (Å²) >= 11 is 1.32. The van der Waals surface area contributed by atoms with Crippen LogP contribution in [-0.2, 0) is 6.42 Å². The summed E-state index contributed by atoms with van der Waals surface area (Å²) in [6.45, 7) is 0. The fourth-order valence-corrected chi connectivity index (χ4v) is 3.01. The van der Waals surface area contributed by atoms with E-state index in [1.165, 1.54) is 49.6 Å². The normalized spacial score (nSPS) is 17.9. The van der Waals surface area contributed by atoms with Gasteiger partial charge in [0.1, 0.15) is 4.88 Å². The molecule has 1 aliphatic rings. The van der Waals surface area contributed by atoms with E-state index in [-0.39, 0.29) is 0 Å². The molecular formula is C11H15NO2S. The summed E-state index contributed by atoms with van der Waals surface area (Å²) in [5.74, 6) is -0.131. The highest BCUT2D eigenvalue weighted by Gasteiger charge is 2.16. The van der Waals surface area contributed by atoms with Crippen LogP contribution in [0.25, 0.3) is 0 Å². The van der Waals surface area contributed by atoms with Gasteiger partial charge in [0.2, 0.25) is 0 Å². The molecule has 1 N–H and O–H groups in total. The third-order valence-corrected chi connectivity index (χ3v) is 3.96. The van der Waals surface area contributed by atoms with Gasteiger partial charge in [-0.25, -0.2) is 9.78 Å². The van der Waals surface area contributed by atoms with Gasteiger partial charge in [-0.3, -0.25) is 0 Å². The van der Waals surface area contributed by atoms with Crippen LogP contribution < -0.4 is 0 Å². The molecule has 0 spiro atoms. The molecule has 0 amide bonds. The molecule has 2 rings (SSSR count). The van der Waals surface area contributed by atoms with Crippen LogP contribution in [0.1, 0.15) is 46.8 Å². The number of rotatable bonds is 3. The molecule has 15 heavy (non-hydrogen) atoms. The van der Waals surface area contributed by atoms with Gasteiger partial charge < -0.3 is 5.11 Å². The molecule has 1 saturated carbocycles. The molecular weight excluding hydrogens is 210 g/mol. The summed E-state index contributed by atoms with van der Waals surface area (Å²) in [4.78, 5) is 15.2. The average Bonchev–Trinajstić information content (AvgIpc) is 2.68. The van der Waals surface area contributed by atoms with Crippen LogP contribution in [0.15, 0.2) is 6.20 Å². The molecule has 1 aromatic rings. The second-order valence-corrected chi connectivity index (χ2v) is 5.25. The predicted molar refractivity (Wildman–Crippen MR) is 59.4 cm³/mol. The van der Waals surface area contributed by atoms with Gasteiger partial charge in [0.25, 0.3) is 0 Å². The van der Waals surface area contributed by atoms with Crippen molar-refractivity contribution in [3.63, 3.8) is 0 Å². The first-order chi connectivity index (χ1) is 7.25. The minimum absolute atomic E-state index is 0.362. The molecule has 1 fully saturated rings. The number of hydrogen-bond donors (Lipinski definition) is 1. The van der Waals surface area contributed by atoms with Crippen LogP contribution in [0.2, 0.25) is 0 Å². The molecule has 0 atom stereocenters. The summed E-state index contributed by atoms with van der Waals surface area (Å²) in [6.07, 6.45) is 9.01. The SMILES string of the molecule is O=C(O)c1cnc(CC2CCCCC2)s1. The Bertz CT molecular complexity index is 342. The van der Waals surface area contributed by atoms with E-state index < -0.39 is 5.97 Å². The quantitative estimate of drug-likeness (QED) is 0.860. The lowest BCUT2D eigenvalue weighted by Crippen LogP contribution is -2.08. The van der Waals surface area contributed by atoms with Crippen LogP contribution in [0, 0.1) is 5.92 Å². The van der Waals surface area contributed by atoms with E-state index in [0.717, 1.165) is 17.3 Å². The van der Waals surface area contributed by atoms with E-state index in [9.17, 15) is 4.79 Å². The zero-order valence-corrected chi connectivity index (χ0v) is 9.42. The fourth-order valence-electron chi connectivity index (χ4n) is 2.14. The van der Waals surface area contributed by atoms with E-state index in [1.807, 2.05) is 0 Å². The highest BCUT2D eigenvalue weighted by Crippen LogP contribution is 2.28. The number of thiazole rings is 1. The Morgan fingerprint density at radius 2 is 2.20 bits per heavy atom. The number of aromatic carboxylic acids is 1. The Kier molecular flexibility index (Phi) is 3.36. The smallest absolute Gasteiger partial charge is 0.347 e. The van der Waals surface area contributed by atoms with Crippen LogP contribution in [0.3, 0.4) is 0 Å². The van der Waals surface area contributed by atoms with Crippen molar-refractivity contribution >= 4 is 17.3 Å². The lowest BCUT2D eigenvalue weighted by Gasteiger charge is -2.20. The molecule has 1 aliphatic carbocycles. The first kappa shape index (κ1) is 10.6. The average molecular weight is 225 g/mol. The first-order valence-electron chi connectivity index (χ1n) is 5.43. The van der Waals surface area contributed by atoms with E-state index >= 15 is 0 Å². The van der Waals surface area contributed by atoms with E-state index in [1.54, 1.807) is 0 Å². The Morgan fingerprint density at radius 1 is 1.47 bits per heavy atom. The fraction of sp³-hybridized carbons (Fsp3) is 0.636. The number of nitrogens with zero attached hydrogens (tertiary/aromatic N) is 1. The zero-order valence-electron chi connectivity index (χ0n) is 8.61. The molecule has 4 heteroatoms. The first-order valence-corrected chi connectivity index (χ1v) is 6.25.